The zero-order valence-electron chi connectivity index (χ0n) is 17.1. The van der Waals surface area contributed by atoms with Gasteiger partial charge < -0.3 is 15.2 Å². The van der Waals surface area contributed by atoms with E-state index in [1.807, 2.05) is 39.0 Å². The van der Waals surface area contributed by atoms with Gasteiger partial charge in [0.25, 0.3) is 0 Å². The van der Waals surface area contributed by atoms with Gasteiger partial charge in [-0.2, -0.15) is 0 Å². The van der Waals surface area contributed by atoms with E-state index in [1.165, 1.54) is 24.6 Å². The van der Waals surface area contributed by atoms with Crippen molar-refractivity contribution in [2.75, 3.05) is 11.9 Å². The van der Waals surface area contributed by atoms with E-state index in [1.54, 1.807) is 0 Å². The molecule has 8 heteroatoms. The zero-order chi connectivity index (χ0) is 20.5. The number of anilines is 1. The van der Waals surface area contributed by atoms with E-state index in [2.05, 4.69) is 25.4 Å². The molecule has 154 valence electrons. The van der Waals surface area contributed by atoms with Crippen LogP contribution in [0.2, 0.25) is 0 Å². The average molecular weight is 414 g/mol. The number of nitrogens with zero attached hydrogens (tertiary/aromatic N) is 3. The second kappa shape index (κ2) is 8.18. The lowest BCUT2D eigenvalue weighted by Crippen LogP contribution is -2.37. The average Bonchev–Trinajstić information content (AvgIpc) is 3.62. The van der Waals surface area contributed by atoms with Crippen LogP contribution < -0.4 is 10.6 Å². The predicted molar refractivity (Wildman–Crippen MR) is 113 cm³/mol. The third kappa shape index (κ3) is 4.63. The van der Waals surface area contributed by atoms with Crippen LogP contribution in [0.3, 0.4) is 0 Å². The molecule has 0 spiro atoms. The number of aryl methyl sites for hydroxylation is 2. The molecule has 0 saturated heterocycles. The molecular formula is C21H27N5O2S. The van der Waals surface area contributed by atoms with Gasteiger partial charge in [-0.25, -0.2) is 0 Å². The minimum Gasteiger partial charge on any atom is -0.346 e. The van der Waals surface area contributed by atoms with Gasteiger partial charge in [-0.1, -0.05) is 30.0 Å². The number of carbonyl (C=O) groups is 2. The molecule has 2 fully saturated rings. The van der Waals surface area contributed by atoms with Gasteiger partial charge in [0.1, 0.15) is 5.82 Å². The van der Waals surface area contributed by atoms with Crippen molar-refractivity contribution in [3.8, 4) is 0 Å². The largest absolute Gasteiger partial charge is 0.346 e. The van der Waals surface area contributed by atoms with Crippen LogP contribution in [0.4, 0.5) is 5.69 Å². The Morgan fingerprint density at radius 1 is 1.17 bits per heavy atom. The maximum atomic E-state index is 12.5. The maximum absolute atomic E-state index is 12.5. The van der Waals surface area contributed by atoms with Gasteiger partial charge in [0, 0.05) is 17.6 Å². The van der Waals surface area contributed by atoms with Crippen molar-refractivity contribution in [3.05, 3.63) is 35.2 Å². The molecule has 0 bridgehead atoms. The number of hydrogen-bond donors (Lipinski definition) is 2. The second-order valence-corrected chi connectivity index (χ2v) is 9.32. The van der Waals surface area contributed by atoms with Crippen molar-refractivity contribution in [1.29, 1.82) is 0 Å². The molecule has 29 heavy (non-hydrogen) atoms. The van der Waals surface area contributed by atoms with Crippen molar-refractivity contribution < 1.29 is 9.59 Å². The summed E-state index contributed by atoms with van der Waals surface area (Å²) in [5, 5.41) is 14.8. The van der Waals surface area contributed by atoms with Crippen LogP contribution >= 0.6 is 11.8 Å². The summed E-state index contributed by atoms with van der Waals surface area (Å²) in [6, 6.07) is 6.34. The monoisotopic (exact) mass is 413 g/mol. The quantitative estimate of drug-likeness (QED) is 0.648. The number of aromatic nitrogens is 3. The van der Waals surface area contributed by atoms with Gasteiger partial charge in [0.05, 0.1) is 11.8 Å². The number of rotatable bonds is 8. The van der Waals surface area contributed by atoms with Crippen molar-refractivity contribution in [2.24, 2.45) is 0 Å². The third-order valence-electron chi connectivity index (χ3n) is 5.37. The van der Waals surface area contributed by atoms with Crippen LogP contribution in [0.25, 0.3) is 0 Å². The summed E-state index contributed by atoms with van der Waals surface area (Å²) in [7, 11) is 0. The molecule has 2 saturated carbocycles. The fourth-order valence-corrected chi connectivity index (χ4v) is 4.33. The highest BCUT2D eigenvalue weighted by molar-refractivity contribution is 8.00. The van der Waals surface area contributed by atoms with Crippen LogP contribution in [-0.2, 0) is 9.59 Å². The fourth-order valence-electron chi connectivity index (χ4n) is 3.38. The molecule has 1 unspecified atom stereocenters. The van der Waals surface area contributed by atoms with E-state index in [9.17, 15) is 9.59 Å². The first kappa shape index (κ1) is 19.9. The number of hydrogen-bond acceptors (Lipinski definition) is 5. The van der Waals surface area contributed by atoms with Crippen molar-refractivity contribution in [1.82, 2.24) is 20.1 Å². The number of thioether (sulfide) groups is 1. The van der Waals surface area contributed by atoms with Crippen LogP contribution in [0.15, 0.2) is 23.4 Å². The molecule has 7 nitrogen and oxygen atoms in total. The fraction of sp³-hybridized carbons (Fsp3) is 0.524. The Morgan fingerprint density at radius 3 is 2.48 bits per heavy atom. The van der Waals surface area contributed by atoms with Gasteiger partial charge in [0.2, 0.25) is 11.8 Å². The van der Waals surface area contributed by atoms with E-state index in [0.29, 0.717) is 12.0 Å². The first-order valence-electron chi connectivity index (χ1n) is 10.2. The highest BCUT2D eigenvalue weighted by atomic mass is 32.2. The number of benzene rings is 1. The molecule has 0 radical (unpaired) electrons. The second-order valence-electron chi connectivity index (χ2n) is 8.01. The summed E-state index contributed by atoms with van der Waals surface area (Å²) >= 11 is 1.42. The summed E-state index contributed by atoms with van der Waals surface area (Å²) in [6.45, 7) is 5.68. The molecule has 4 rings (SSSR count). The molecule has 1 aromatic carbocycles. The lowest BCUT2D eigenvalue weighted by atomic mass is 10.1. The molecule has 1 heterocycles. The van der Waals surface area contributed by atoms with E-state index >= 15 is 0 Å². The van der Waals surface area contributed by atoms with Gasteiger partial charge in [0.15, 0.2) is 5.16 Å². The molecule has 2 aliphatic carbocycles. The van der Waals surface area contributed by atoms with Crippen LogP contribution in [0, 0.1) is 13.8 Å². The molecule has 2 aliphatic rings. The standard InChI is InChI=1S/C21H27N5O2S/c1-12-5-4-6-13(2)18(12)23-17(27)11-22-20(28)14(3)29-21-25-24-19(15-7-8-15)26(21)16-9-10-16/h4-6,14-16H,7-11H2,1-3H3,(H,22,28)(H,23,27). The topological polar surface area (TPSA) is 88.9 Å². The Kier molecular flexibility index (Phi) is 5.63. The summed E-state index contributed by atoms with van der Waals surface area (Å²) in [5.74, 6) is 1.21. The lowest BCUT2D eigenvalue weighted by Gasteiger charge is -2.14. The lowest BCUT2D eigenvalue weighted by molar-refractivity contribution is -0.123. The van der Waals surface area contributed by atoms with Crippen molar-refractivity contribution >= 4 is 29.3 Å². The Labute approximate surface area is 175 Å². The van der Waals surface area contributed by atoms with Gasteiger partial charge >= 0.3 is 0 Å². The third-order valence-corrected chi connectivity index (χ3v) is 6.42. The molecular weight excluding hydrogens is 386 g/mol. The number of para-hydroxylation sites is 1. The van der Waals surface area contributed by atoms with E-state index in [4.69, 9.17) is 0 Å². The minimum absolute atomic E-state index is 0.0554. The van der Waals surface area contributed by atoms with Crippen LogP contribution in [0.1, 0.15) is 61.5 Å². The molecule has 1 aromatic heterocycles. The summed E-state index contributed by atoms with van der Waals surface area (Å²) in [6.07, 6.45) is 4.68. The van der Waals surface area contributed by atoms with Crippen LogP contribution in [-0.4, -0.2) is 38.4 Å². The minimum atomic E-state index is -0.350. The number of nitrogens with one attached hydrogen (secondary N) is 2. The Balaban J connectivity index is 1.32. The molecule has 1 atom stereocenters. The Bertz CT molecular complexity index is 913. The number of carbonyl (C=O) groups excluding carboxylic acids is 2. The van der Waals surface area contributed by atoms with Crippen LogP contribution in [0.5, 0.6) is 0 Å². The zero-order valence-corrected chi connectivity index (χ0v) is 17.9. The van der Waals surface area contributed by atoms with E-state index < -0.39 is 0 Å². The van der Waals surface area contributed by atoms with Crippen molar-refractivity contribution in [2.45, 2.75) is 68.8 Å². The SMILES string of the molecule is Cc1cccc(C)c1NC(=O)CNC(=O)C(C)Sc1nnc(C2CC2)n1C1CC1. The van der Waals surface area contributed by atoms with E-state index in [0.717, 1.165) is 40.6 Å². The smallest absolute Gasteiger partial charge is 0.243 e. The Hall–Kier alpha value is -2.35. The molecule has 2 N–H and O–H groups in total. The van der Waals surface area contributed by atoms with Crippen molar-refractivity contribution in [3.63, 3.8) is 0 Å². The Morgan fingerprint density at radius 2 is 1.86 bits per heavy atom. The van der Waals surface area contributed by atoms with E-state index in [-0.39, 0.29) is 23.6 Å². The molecule has 2 aromatic rings. The summed E-state index contributed by atoms with van der Waals surface area (Å²) in [4.78, 5) is 24.8. The summed E-state index contributed by atoms with van der Waals surface area (Å²) < 4.78 is 2.24. The highest BCUT2D eigenvalue weighted by Gasteiger charge is 2.37. The molecule has 2 amide bonds. The van der Waals surface area contributed by atoms with Gasteiger partial charge in [-0.05, 0) is 57.6 Å². The van der Waals surface area contributed by atoms with Gasteiger partial charge in [-0.3, -0.25) is 9.59 Å². The first-order chi connectivity index (χ1) is 13.9. The molecule has 0 aliphatic heterocycles. The maximum Gasteiger partial charge on any atom is 0.243 e. The number of amides is 2. The van der Waals surface area contributed by atoms with Gasteiger partial charge in [-0.15, -0.1) is 10.2 Å². The highest BCUT2D eigenvalue weighted by Crippen LogP contribution is 2.46. The predicted octanol–water partition coefficient (Wildman–Crippen LogP) is 3.34. The first-order valence-corrected chi connectivity index (χ1v) is 11.1. The summed E-state index contributed by atoms with van der Waals surface area (Å²) in [5.41, 5.74) is 2.80. The normalized spacial score (nSPS) is 17.1.